The van der Waals surface area contributed by atoms with Crippen molar-refractivity contribution in [1.82, 2.24) is 4.90 Å². The Labute approximate surface area is 244 Å². The summed E-state index contributed by atoms with van der Waals surface area (Å²) in [5.74, 6) is 0.0523. The van der Waals surface area contributed by atoms with Crippen LogP contribution in [0.5, 0.6) is 0 Å². The second kappa shape index (κ2) is 9.19. The van der Waals surface area contributed by atoms with Crippen molar-refractivity contribution in [3.8, 4) is 11.1 Å². The molecule has 2 heterocycles. The molecule has 2 saturated heterocycles. The fourth-order valence-corrected chi connectivity index (χ4v) is 8.63. The highest BCUT2D eigenvalue weighted by atomic mass is 16.6. The van der Waals surface area contributed by atoms with Crippen LogP contribution in [0.15, 0.2) is 60.7 Å². The summed E-state index contributed by atoms with van der Waals surface area (Å²) in [4.78, 5) is 15.6. The maximum Gasteiger partial charge on any atom is 0.410 e. The molecule has 2 atom stereocenters. The zero-order chi connectivity index (χ0) is 28.7. The molecule has 0 radical (unpaired) electrons. The molecule has 0 aromatic heterocycles. The van der Waals surface area contributed by atoms with Gasteiger partial charge in [0.15, 0.2) is 0 Å². The molecular formula is C37H43NO3. The van der Waals surface area contributed by atoms with Crippen molar-refractivity contribution in [2.24, 2.45) is 0 Å². The SMILES string of the molecule is Cc1cc2c(cc1C1(O)CC3CCC(C1)N3C(=O)OCC1c3ccccc3-c3ccccc31)C(C)(C)CCC2(C)C. The number of benzene rings is 3. The average Bonchev–Trinajstić information content (AvgIpc) is 3.41. The van der Waals surface area contributed by atoms with Crippen molar-refractivity contribution in [3.05, 3.63) is 94.0 Å². The number of hydrogen-bond acceptors (Lipinski definition) is 3. The van der Waals surface area contributed by atoms with E-state index in [4.69, 9.17) is 4.74 Å². The van der Waals surface area contributed by atoms with E-state index in [1.54, 1.807) is 0 Å². The summed E-state index contributed by atoms with van der Waals surface area (Å²) >= 11 is 0. The molecule has 1 N–H and O–H groups in total. The van der Waals surface area contributed by atoms with Gasteiger partial charge >= 0.3 is 6.09 Å². The molecule has 4 heteroatoms. The minimum Gasteiger partial charge on any atom is -0.448 e. The number of hydrogen-bond donors (Lipinski definition) is 1. The molecule has 7 rings (SSSR count). The predicted molar refractivity (Wildman–Crippen MR) is 163 cm³/mol. The number of carbonyl (C=O) groups is 1. The molecule has 41 heavy (non-hydrogen) atoms. The van der Waals surface area contributed by atoms with E-state index < -0.39 is 5.60 Å². The molecule has 3 aromatic carbocycles. The number of carbonyl (C=O) groups excluding carboxylic acids is 1. The van der Waals surface area contributed by atoms with Gasteiger partial charge in [-0.25, -0.2) is 4.79 Å². The van der Waals surface area contributed by atoms with Crippen LogP contribution < -0.4 is 0 Å². The molecule has 4 nitrogen and oxygen atoms in total. The fourth-order valence-electron chi connectivity index (χ4n) is 8.63. The lowest BCUT2D eigenvalue weighted by atomic mass is 9.61. The Morgan fingerprint density at radius 2 is 1.34 bits per heavy atom. The first-order valence-corrected chi connectivity index (χ1v) is 15.5. The van der Waals surface area contributed by atoms with Crippen molar-refractivity contribution in [2.75, 3.05) is 6.61 Å². The van der Waals surface area contributed by atoms with Crippen LogP contribution in [0.4, 0.5) is 4.79 Å². The van der Waals surface area contributed by atoms with Gasteiger partial charge in [-0.05, 0) is 87.9 Å². The predicted octanol–water partition coefficient (Wildman–Crippen LogP) is 8.11. The topological polar surface area (TPSA) is 49.8 Å². The van der Waals surface area contributed by atoms with E-state index in [9.17, 15) is 9.90 Å². The largest absolute Gasteiger partial charge is 0.448 e. The lowest BCUT2D eigenvalue weighted by Crippen LogP contribution is -2.52. The van der Waals surface area contributed by atoms with Gasteiger partial charge in [0.1, 0.15) is 6.61 Å². The molecule has 214 valence electrons. The summed E-state index contributed by atoms with van der Waals surface area (Å²) in [6.07, 6.45) is 5.06. The minimum atomic E-state index is -0.928. The number of ether oxygens (including phenoxy) is 1. The van der Waals surface area contributed by atoms with E-state index in [-0.39, 0.29) is 34.9 Å². The Bertz CT molecular complexity index is 1480. The summed E-state index contributed by atoms with van der Waals surface area (Å²) < 4.78 is 6.09. The Balaban J connectivity index is 1.12. The van der Waals surface area contributed by atoms with Crippen LogP contribution >= 0.6 is 0 Å². The second-order valence-electron chi connectivity index (χ2n) is 14.5. The van der Waals surface area contributed by atoms with Gasteiger partial charge in [0, 0.05) is 30.8 Å². The van der Waals surface area contributed by atoms with Gasteiger partial charge in [-0.15, -0.1) is 0 Å². The highest BCUT2D eigenvalue weighted by molar-refractivity contribution is 5.79. The van der Waals surface area contributed by atoms with Crippen molar-refractivity contribution >= 4 is 6.09 Å². The Kier molecular flexibility index (Phi) is 6.00. The Morgan fingerprint density at radius 1 is 0.829 bits per heavy atom. The maximum absolute atomic E-state index is 13.6. The quantitative estimate of drug-likeness (QED) is 0.359. The molecule has 2 fully saturated rings. The number of piperidine rings is 1. The highest BCUT2D eigenvalue weighted by Gasteiger charge is 2.52. The number of nitrogens with zero attached hydrogens (tertiary/aromatic N) is 1. The lowest BCUT2D eigenvalue weighted by molar-refractivity contribution is -0.0536. The Morgan fingerprint density at radius 3 is 1.90 bits per heavy atom. The van der Waals surface area contributed by atoms with Gasteiger partial charge in [-0.3, -0.25) is 0 Å². The summed E-state index contributed by atoms with van der Waals surface area (Å²) in [5, 5.41) is 12.2. The van der Waals surface area contributed by atoms with Crippen molar-refractivity contribution < 1.29 is 14.6 Å². The van der Waals surface area contributed by atoms with Crippen molar-refractivity contribution in [3.63, 3.8) is 0 Å². The van der Waals surface area contributed by atoms with E-state index >= 15 is 0 Å². The monoisotopic (exact) mass is 549 g/mol. The van der Waals surface area contributed by atoms with Gasteiger partial charge in [-0.2, -0.15) is 0 Å². The maximum atomic E-state index is 13.6. The number of amides is 1. The van der Waals surface area contributed by atoms with E-state index in [1.807, 2.05) is 4.90 Å². The van der Waals surface area contributed by atoms with Crippen molar-refractivity contribution in [2.45, 2.75) is 108 Å². The van der Waals surface area contributed by atoms with Crippen LogP contribution in [0.25, 0.3) is 11.1 Å². The molecule has 2 bridgehead atoms. The van der Waals surface area contributed by atoms with E-state index in [2.05, 4.69) is 95.3 Å². The molecule has 1 amide bonds. The van der Waals surface area contributed by atoms with Gasteiger partial charge in [0.25, 0.3) is 0 Å². The molecule has 4 aliphatic rings. The minimum absolute atomic E-state index is 0.00529. The van der Waals surface area contributed by atoms with Crippen LogP contribution in [-0.2, 0) is 21.2 Å². The van der Waals surface area contributed by atoms with Gasteiger partial charge < -0.3 is 14.7 Å². The third-order valence-corrected chi connectivity index (χ3v) is 11.0. The van der Waals surface area contributed by atoms with Gasteiger partial charge in [-0.1, -0.05) is 88.4 Å². The van der Waals surface area contributed by atoms with Crippen LogP contribution in [-0.4, -0.2) is 34.8 Å². The Hall–Kier alpha value is -3.11. The number of aryl methyl sites for hydroxylation is 1. The first-order valence-electron chi connectivity index (χ1n) is 15.5. The average molecular weight is 550 g/mol. The van der Waals surface area contributed by atoms with E-state index in [1.165, 1.54) is 45.4 Å². The van der Waals surface area contributed by atoms with Crippen molar-refractivity contribution in [1.29, 1.82) is 0 Å². The summed E-state index contributed by atoms with van der Waals surface area (Å²) in [5.41, 5.74) is 9.27. The molecule has 0 spiro atoms. The number of rotatable bonds is 3. The molecule has 0 saturated carbocycles. The van der Waals surface area contributed by atoms with Crippen LogP contribution in [0.1, 0.15) is 106 Å². The smallest absolute Gasteiger partial charge is 0.410 e. The highest BCUT2D eigenvalue weighted by Crippen LogP contribution is 2.51. The first-order chi connectivity index (χ1) is 19.5. The number of aliphatic hydroxyl groups is 1. The van der Waals surface area contributed by atoms with Gasteiger partial charge in [0.05, 0.1) is 5.60 Å². The van der Waals surface area contributed by atoms with E-state index in [0.29, 0.717) is 19.4 Å². The van der Waals surface area contributed by atoms with Gasteiger partial charge in [0.2, 0.25) is 0 Å². The van der Waals surface area contributed by atoms with Crippen LogP contribution in [0.3, 0.4) is 0 Å². The first kappa shape index (κ1) is 26.8. The van der Waals surface area contributed by atoms with Crippen LogP contribution in [0, 0.1) is 6.92 Å². The summed E-state index contributed by atoms with van der Waals surface area (Å²) in [6, 6.07) is 21.6. The zero-order valence-corrected chi connectivity index (χ0v) is 25.2. The summed E-state index contributed by atoms with van der Waals surface area (Å²) in [6.45, 7) is 11.9. The molecule has 2 unspecified atom stereocenters. The zero-order valence-electron chi connectivity index (χ0n) is 25.2. The van der Waals surface area contributed by atoms with E-state index in [0.717, 1.165) is 24.8 Å². The second-order valence-corrected chi connectivity index (χ2v) is 14.5. The number of fused-ring (bicyclic) bond motifs is 6. The van der Waals surface area contributed by atoms with Crippen LogP contribution in [0.2, 0.25) is 0 Å². The molecule has 3 aromatic rings. The summed E-state index contributed by atoms with van der Waals surface area (Å²) in [7, 11) is 0. The standard InChI is InChI=1S/C37H43NO3/c1-23-18-32-33(36(4,5)17-16-35(32,2)3)19-31(23)37(40)20-24-14-15-25(21-37)38(24)34(39)41-22-30-28-12-8-6-10-26(28)27-11-7-9-13-29(27)30/h6-13,18-19,24-25,30,40H,14-17,20-22H2,1-5H3. The third kappa shape index (κ3) is 4.16. The normalized spacial score (nSPS) is 27.2. The molecule has 2 aliphatic heterocycles. The lowest BCUT2D eigenvalue weighted by Gasteiger charge is -2.46. The molecular weight excluding hydrogens is 506 g/mol. The third-order valence-electron chi connectivity index (χ3n) is 11.0. The fraction of sp³-hybridized carbons (Fsp3) is 0.486. The molecule has 2 aliphatic carbocycles.